The molecular formula is C13H25BrN4. The molecule has 0 atom stereocenters. The summed E-state index contributed by atoms with van der Waals surface area (Å²) in [5.74, 6) is 0. The molecule has 0 amide bonds. The molecule has 1 N–H and O–H groups in total. The van der Waals surface area contributed by atoms with Crippen LogP contribution < -0.4 is 5.32 Å². The number of nitrogens with one attached hydrogen (secondary N) is 1. The second-order valence-electron chi connectivity index (χ2n) is 5.98. The lowest BCUT2D eigenvalue weighted by Crippen LogP contribution is -2.37. The van der Waals surface area contributed by atoms with Crippen LogP contribution in [0.2, 0.25) is 0 Å². The fourth-order valence-electron chi connectivity index (χ4n) is 2.30. The Kier molecular flexibility index (Phi) is 5.37. The minimum Gasteiger partial charge on any atom is -0.311 e. The van der Waals surface area contributed by atoms with Gasteiger partial charge in [-0.3, -0.25) is 4.68 Å². The Morgan fingerprint density at radius 1 is 1.39 bits per heavy atom. The lowest BCUT2D eigenvalue weighted by atomic mass is 9.93. The van der Waals surface area contributed by atoms with Crippen LogP contribution in [0.25, 0.3) is 0 Å². The fourth-order valence-corrected chi connectivity index (χ4v) is 2.78. The zero-order valence-electron chi connectivity index (χ0n) is 12.3. The van der Waals surface area contributed by atoms with E-state index in [-0.39, 0.29) is 5.41 Å². The van der Waals surface area contributed by atoms with Gasteiger partial charge < -0.3 is 10.2 Å². The van der Waals surface area contributed by atoms with Gasteiger partial charge in [-0.25, -0.2) is 0 Å². The maximum Gasteiger partial charge on any atom is 0.0739 e. The minimum atomic E-state index is 0.267. The van der Waals surface area contributed by atoms with Crippen LogP contribution in [0, 0.1) is 12.3 Å². The van der Waals surface area contributed by atoms with Gasteiger partial charge in [-0.2, -0.15) is 5.10 Å². The Bertz CT molecular complexity index is 396. The summed E-state index contributed by atoms with van der Waals surface area (Å²) in [6.45, 7) is 9.48. The molecule has 0 radical (unpaired) electrons. The monoisotopic (exact) mass is 316 g/mol. The van der Waals surface area contributed by atoms with Crippen LogP contribution >= 0.6 is 15.9 Å². The quantitative estimate of drug-likeness (QED) is 0.873. The molecule has 0 spiro atoms. The number of rotatable bonds is 6. The van der Waals surface area contributed by atoms with Crippen LogP contribution in [0.15, 0.2) is 4.47 Å². The second-order valence-corrected chi connectivity index (χ2v) is 6.77. The largest absolute Gasteiger partial charge is 0.311 e. The number of halogens is 1. The predicted octanol–water partition coefficient (Wildman–Crippen LogP) is 2.17. The van der Waals surface area contributed by atoms with Crippen molar-refractivity contribution in [2.24, 2.45) is 12.5 Å². The molecule has 1 aromatic rings. The maximum atomic E-state index is 4.40. The lowest BCUT2D eigenvalue weighted by Gasteiger charge is -2.28. The van der Waals surface area contributed by atoms with E-state index < -0.39 is 0 Å². The fraction of sp³-hybridized carbons (Fsp3) is 0.769. The van der Waals surface area contributed by atoms with Crippen molar-refractivity contribution in [3.8, 4) is 0 Å². The van der Waals surface area contributed by atoms with Gasteiger partial charge >= 0.3 is 0 Å². The highest BCUT2D eigenvalue weighted by molar-refractivity contribution is 9.10. The summed E-state index contributed by atoms with van der Waals surface area (Å²) in [6.07, 6.45) is 0. The molecule has 4 nitrogen and oxygen atoms in total. The van der Waals surface area contributed by atoms with Crippen molar-refractivity contribution in [2.45, 2.75) is 27.3 Å². The molecule has 1 heterocycles. The molecule has 0 saturated carbocycles. The minimum absolute atomic E-state index is 0.267. The van der Waals surface area contributed by atoms with Crippen molar-refractivity contribution in [2.75, 3.05) is 27.2 Å². The summed E-state index contributed by atoms with van der Waals surface area (Å²) in [7, 11) is 6.21. The van der Waals surface area contributed by atoms with Gasteiger partial charge in [0, 0.05) is 26.7 Å². The Morgan fingerprint density at radius 3 is 2.44 bits per heavy atom. The van der Waals surface area contributed by atoms with Crippen LogP contribution in [0.5, 0.6) is 0 Å². The number of aryl methyl sites for hydroxylation is 2. The van der Waals surface area contributed by atoms with Gasteiger partial charge in [-0.1, -0.05) is 13.8 Å². The predicted molar refractivity (Wildman–Crippen MR) is 79.7 cm³/mol. The summed E-state index contributed by atoms with van der Waals surface area (Å²) in [5.41, 5.74) is 2.51. The first-order chi connectivity index (χ1) is 8.23. The smallest absolute Gasteiger partial charge is 0.0739 e. The van der Waals surface area contributed by atoms with E-state index in [0.717, 1.165) is 29.8 Å². The maximum absolute atomic E-state index is 4.40. The first-order valence-corrected chi connectivity index (χ1v) is 7.05. The highest BCUT2D eigenvalue weighted by Gasteiger charge is 2.19. The Hall–Kier alpha value is -0.390. The zero-order valence-corrected chi connectivity index (χ0v) is 13.9. The van der Waals surface area contributed by atoms with Crippen molar-refractivity contribution >= 4 is 15.9 Å². The third-order valence-corrected chi connectivity index (χ3v) is 3.93. The summed E-state index contributed by atoms with van der Waals surface area (Å²) in [4.78, 5) is 2.23. The highest BCUT2D eigenvalue weighted by atomic mass is 79.9. The average Bonchev–Trinajstić information content (AvgIpc) is 2.42. The van der Waals surface area contributed by atoms with Crippen LogP contribution in [0.4, 0.5) is 0 Å². The lowest BCUT2D eigenvalue weighted by molar-refractivity contribution is 0.231. The highest BCUT2D eigenvalue weighted by Crippen LogP contribution is 2.20. The second kappa shape index (κ2) is 6.17. The van der Waals surface area contributed by atoms with E-state index in [1.165, 1.54) is 5.69 Å². The van der Waals surface area contributed by atoms with Gasteiger partial charge in [0.05, 0.1) is 15.9 Å². The van der Waals surface area contributed by atoms with E-state index in [1.807, 2.05) is 18.7 Å². The van der Waals surface area contributed by atoms with Crippen LogP contribution in [0.1, 0.15) is 25.2 Å². The Balaban J connectivity index is 2.51. The molecule has 18 heavy (non-hydrogen) atoms. The number of hydrogen-bond donors (Lipinski definition) is 1. The van der Waals surface area contributed by atoms with E-state index in [9.17, 15) is 0 Å². The molecule has 5 heteroatoms. The number of nitrogens with zero attached hydrogens (tertiary/aromatic N) is 3. The van der Waals surface area contributed by atoms with E-state index in [4.69, 9.17) is 0 Å². The van der Waals surface area contributed by atoms with Crippen molar-refractivity contribution in [3.63, 3.8) is 0 Å². The Labute approximate surface area is 119 Å². The van der Waals surface area contributed by atoms with Crippen LogP contribution in [-0.4, -0.2) is 41.9 Å². The number of aromatic nitrogens is 2. The standard InChI is InChI=1S/C13H25BrN4/c1-10-12(14)11(18(6)16-10)7-15-8-13(2,3)9-17(4)5/h15H,7-9H2,1-6H3. The number of hydrogen-bond acceptors (Lipinski definition) is 3. The van der Waals surface area contributed by atoms with Gasteiger partial charge in [0.15, 0.2) is 0 Å². The van der Waals surface area contributed by atoms with E-state index in [2.05, 4.69) is 59.2 Å². The normalized spacial score (nSPS) is 12.4. The van der Waals surface area contributed by atoms with E-state index in [0.29, 0.717) is 0 Å². The molecule has 0 fully saturated rings. The SMILES string of the molecule is Cc1nn(C)c(CNCC(C)(C)CN(C)C)c1Br. The summed E-state index contributed by atoms with van der Waals surface area (Å²) >= 11 is 3.59. The molecule has 0 unspecified atom stereocenters. The first kappa shape index (κ1) is 15.7. The van der Waals surface area contributed by atoms with Crippen molar-refractivity contribution in [3.05, 3.63) is 15.9 Å². The molecule has 1 rings (SSSR count). The molecular weight excluding hydrogens is 292 g/mol. The van der Waals surface area contributed by atoms with Gasteiger partial charge in [0.2, 0.25) is 0 Å². The van der Waals surface area contributed by atoms with E-state index in [1.54, 1.807) is 0 Å². The van der Waals surface area contributed by atoms with Gasteiger partial charge in [0.1, 0.15) is 0 Å². The summed E-state index contributed by atoms with van der Waals surface area (Å²) < 4.78 is 3.05. The Morgan fingerprint density at radius 2 is 2.00 bits per heavy atom. The molecule has 0 aromatic carbocycles. The molecule has 0 saturated heterocycles. The third-order valence-electron chi connectivity index (χ3n) is 2.90. The first-order valence-electron chi connectivity index (χ1n) is 6.26. The molecule has 0 aliphatic heterocycles. The van der Waals surface area contributed by atoms with Gasteiger partial charge in [-0.15, -0.1) is 0 Å². The van der Waals surface area contributed by atoms with Gasteiger partial charge in [-0.05, 0) is 42.4 Å². The average molecular weight is 317 g/mol. The van der Waals surface area contributed by atoms with Gasteiger partial charge in [0.25, 0.3) is 0 Å². The van der Waals surface area contributed by atoms with Crippen LogP contribution in [-0.2, 0) is 13.6 Å². The zero-order chi connectivity index (χ0) is 13.9. The molecule has 0 bridgehead atoms. The molecule has 0 aliphatic rings. The third kappa shape index (κ3) is 4.37. The topological polar surface area (TPSA) is 33.1 Å². The summed E-state index contributed by atoms with van der Waals surface area (Å²) in [5, 5.41) is 7.92. The molecule has 0 aliphatic carbocycles. The van der Waals surface area contributed by atoms with Crippen molar-refractivity contribution in [1.29, 1.82) is 0 Å². The van der Waals surface area contributed by atoms with Crippen molar-refractivity contribution in [1.82, 2.24) is 20.0 Å². The molecule has 1 aromatic heterocycles. The van der Waals surface area contributed by atoms with Crippen LogP contribution in [0.3, 0.4) is 0 Å². The van der Waals surface area contributed by atoms with E-state index >= 15 is 0 Å². The van der Waals surface area contributed by atoms with Crippen molar-refractivity contribution < 1.29 is 0 Å². The molecule has 104 valence electrons. The summed E-state index contributed by atoms with van der Waals surface area (Å²) in [6, 6.07) is 0.